The van der Waals surface area contributed by atoms with Gasteiger partial charge in [-0.3, -0.25) is 48.2 Å². The Hall–Kier alpha value is -7.96. The fourth-order valence-electron chi connectivity index (χ4n) is 19.0. The van der Waals surface area contributed by atoms with Crippen LogP contribution in [0.1, 0.15) is 197 Å². The molecule has 27 heteroatoms. The number of fused-ring (bicyclic) bond motifs is 4. The Bertz CT molecular complexity index is 5560. The van der Waals surface area contributed by atoms with E-state index in [4.69, 9.17) is 106 Å². The van der Waals surface area contributed by atoms with E-state index in [1.54, 1.807) is 40.7 Å². The number of rotatable bonds is 10. The molecule has 5 aliphatic heterocycles. The van der Waals surface area contributed by atoms with Crippen molar-refractivity contribution in [1.29, 1.82) is 0 Å². The lowest BCUT2D eigenvalue weighted by atomic mass is 9.73. The van der Waals surface area contributed by atoms with Crippen molar-refractivity contribution in [2.24, 2.45) is 53.1 Å². The van der Waals surface area contributed by atoms with Gasteiger partial charge in [0.2, 0.25) is 23.8 Å². The molecule has 21 nitrogen and oxygen atoms in total. The monoisotopic (exact) mass is 1690 g/mol. The minimum absolute atomic E-state index is 0.0244. The summed E-state index contributed by atoms with van der Waals surface area (Å²) < 4.78 is 9.20. The Morgan fingerprint density at radius 2 is 0.828 bits per heavy atom. The SMILES string of the molecule is CCC1(C)CCN(c2nc3c(c(=O)[nH]2)C(c2cccc(Cl)c2Cl)=CC3)CC1.CCC1(C)CCN(c2nc3c(c(=O)n2C)C(c2cccc(Cl)c2Cl)=CC3)CC1.Cc1nccc(C2=CCc3nc(N4CCC5(CC4)CO[C@@H](C)[C@H]5N)n(C)c(=O)c32)c1Cl.Cc1nccc(C2=CCc3nc(N4CCC5(CC[C@@H](C)[C@H]5N)CC4)[nH]c(=O)c32)c1Cl. The van der Waals surface area contributed by atoms with E-state index < -0.39 is 0 Å². The highest BCUT2D eigenvalue weighted by molar-refractivity contribution is 6.44. The van der Waals surface area contributed by atoms with Gasteiger partial charge in [0.15, 0.2) is 0 Å². The van der Waals surface area contributed by atoms with E-state index in [1.165, 1.54) is 25.7 Å². The van der Waals surface area contributed by atoms with Gasteiger partial charge in [0, 0.05) is 144 Å². The smallest absolute Gasteiger partial charge is 0.262 e. The van der Waals surface area contributed by atoms with Gasteiger partial charge in [-0.2, -0.15) is 0 Å². The molecule has 18 rings (SSSR count). The van der Waals surface area contributed by atoms with E-state index in [0.29, 0.717) is 107 Å². The molecule has 0 amide bonds. The average molecular weight is 1690 g/mol. The lowest BCUT2D eigenvalue weighted by Crippen LogP contribution is -2.51. The molecule has 5 aliphatic carbocycles. The number of nitrogens with one attached hydrogen (secondary N) is 2. The van der Waals surface area contributed by atoms with Crippen LogP contribution in [0.3, 0.4) is 0 Å². The minimum Gasteiger partial charge on any atom is -0.376 e. The molecule has 10 aliphatic rings. The van der Waals surface area contributed by atoms with Crippen LogP contribution in [0.25, 0.3) is 22.3 Å². The third-order valence-corrected chi connectivity index (χ3v) is 30.1. The van der Waals surface area contributed by atoms with Crippen LogP contribution in [-0.2, 0) is 44.5 Å². The van der Waals surface area contributed by atoms with Crippen molar-refractivity contribution in [2.45, 2.75) is 176 Å². The van der Waals surface area contributed by atoms with Gasteiger partial charge in [0.25, 0.3) is 22.2 Å². The van der Waals surface area contributed by atoms with E-state index in [-0.39, 0.29) is 51.3 Å². The van der Waals surface area contributed by atoms with Gasteiger partial charge in [-0.1, -0.05) is 166 Å². The molecule has 0 radical (unpaired) electrons. The van der Waals surface area contributed by atoms with Gasteiger partial charge in [-0.15, -0.1) is 0 Å². The summed E-state index contributed by atoms with van der Waals surface area (Å²) in [4.78, 5) is 95.5. The third kappa shape index (κ3) is 15.6. The number of allylic oxidation sites excluding steroid dienone is 4. The maximum Gasteiger partial charge on any atom is 0.262 e. The molecule has 6 fully saturated rings. The van der Waals surface area contributed by atoms with Crippen LogP contribution in [0, 0.1) is 41.4 Å². The number of anilines is 4. The molecule has 8 aromatic rings. The summed E-state index contributed by atoms with van der Waals surface area (Å²) >= 11 is 38.1. The minimum atomic E-state index is -0.112. The Morgan fingerprint density at radius 1 is 0.466 bits per heavy atom. The highest BCUT2D eigenvalue weighted by Gasteiger charge is 2.49. The van der Waals surface area contributed by atoms with Crippen LogP contribution in [0.4, 0.5) is 23.8 Å². The Labute approximate surface area is 708 Å². The van der Waals surface area contributed by atoms with Crippen molar-refractivity contribution in [3.63, 3.8) is 0 Å². The summed E-state index contributed by atoms with van der Waals surface area (Å²) in [6, 6.07) is 15.1. The number of pyridine rings is 2. The van der Waals surface area contributed by atoms with Crippen LogP contribution < -0.4 is 53.3 Å². The molecule has 612 valence electrons. The molecule has 0 bridgehead atoms. The highest BCUT2D eigenvalue weighted by Crippen LogP contribution is 2.50. The van der Waals surface area contributed by atoms with Crippen LogP contribution in [0.2, 0.25) is 30.1 Å². The number of aryl methyl sites for hydroxylation is 2. The fourth-order valence-corrected chi connectivity index (χ4v) is 20.2. The number of piperidine rings is 4. The van der Waals surface area contributed by atoms with Crippen molar-refractivity contribution < 1.29 is 4.74 Å². The molecule has 116 heavy (non-hydrogen) atoms. The van der Waals surface area contributed by atoms with E-state index >= 15 is 0 Å². The number of halogens is 6. The molecule has 4 atom stereocenters. The van der Waals surface area contributed by atoms with Crippen molar-refractivity contribution >= 4 is 116 Å². The largest absolute Gasteiger partial charge is 0.376 e. The number of ether oxygens (including phenoxy) is 1. The predicted molar refractivity (Wildman–Crippen MR) is 470 cm³/mol. The number of aromatic nitrogens is 10. The summed E-state index contributed by atoms with van der Waals surface area (Å²) in [5, 5.41) is 3.09. The summed E-state index contributed by atoms with van der Waals surface area (Å²) in [6.07, 6.45) is 27.5. The molecule has 0 unspecified atom stereocenters. The zero-order chi connectivity index (χ0) is 82.2. The van der Waals surface area contributed by atoms with Crippen molar-refractivity contribution in [3.8, 4) is 0 Å². The van der Waals surface area contributed by atoms with Gasteiger partial charge in [0.1, 0.15) is 0 Å². The molecular formula is C89H104Cl6N16O5. The number of H-pyrrole nitrogens is 2. The van der Waals surface area contributed by atoms with Gasteiger partial charge in [-0.25, -0.2) is 19.9 Å². The average Bonchev–Trinajstić information content (AvgIpc) is 1.50. The lowest BCUT2D eigenvalue weighted by molar-refractivity contribution is 0.0973. The Kier molecular flexibility index (Phi) is 23.9. The summed E-state index contributed by atoms with van der Waals surface area (Å²) in [5.74, 6) is 3.46. The third-order valence-electron chi connectivity index (χ3n) is 27.5. The number of benzene rings is 2. The van der Waals surface area contributed by atoms with Crippen LogP contribution >= 0.6 is 69.6 Å². The molecule has 11 heterocycles. The van der Waals surface area contributed by atoms with Crippen LogP contribution in [0.5, 0.6) is 0 Å². The van der Waals surface area contributed by atoms with E-state index in [2.05, 4.69) is 81.1 Å². The van der Waals surface area contributed by atoms with Crippen molar-refractivity contribution in [3.05, 3.63) is 235 Å². The molecule has 2 spiro atoms. The molecule has 6 N–H and O–H groups in total. The first-order valence-corrected chi connectivity index (χ1v) is 43.3. The van der Waals surface area contributed by atoms with E-state index in [1.807, 2.05) is 81.6 Å². The second-order valence-corrected chi connectivity index (χ2v) is 36.5. The summed E-state index contributed by atoms with van der Waals surface area (Å²) in [6.45, 7) is 25.1. The molecular weight excluding hydrogens is 1590 g/mol. The maximum absolute atomic E-state index is 13.4. The van der Waals surface area contributed by atoms with Crippen LogP contribution in [0.15, 0.2) is 104 Å². The first kappa shape index (κ1) is 83.1. The number of aromatic amines is 2. The van der Waals surface area contributed by atoms with Gasteiger partial charge < -0.3 is 35.8 Å². The molecule has 6 aromatic heterocycles. The lowest BCUT2D eigenvalue weighted by Gasteiger charge is -2.42. The molecule has 5 saturated heterocycles. The first-order valence-electron chi connectivity index (χ1n) is 41.0. The Morgan fingerprint density at radius 3 is 1.21 bits per heavy atom. The zero-order valence-electron chi connectivity index (χ0n) is 67.9. The number of nitrogens with zero attached hydrogens (tertiary/aromatic N) is 12. The molecule has 2 aromatic carbocycles. The predicted octanol–water partition coefficient (Wildman–Crippen LogP) is 16.1. The normalized spacial score (nSPS) is 21.7. The number of nitrogens with two attached hydrogens (primary N) is 2. The van der Waals surface area contributed by atoms with Crippen LogP contribution in [-0.4, -0.2) is 126 Å². The summed E-state index contributed by atoms with van der Waals surface area (Å²) in [5.41, 5.74) is 27.7. The first-order chi connectivity index (χ1) is 55.5. The quantitative estimate of drug-likeness (QED) is 0.0992. The topological polar surface area (TPSA) is 261 Å². The zero-order valence-corrected chi connectivity index (χ0v) is 72.4. The second kappa shape index (κ2) is 33.3. The van der Waals surface area contributed by atoms with E-state index in [0.717, 1.165) is 201 Å². The maximum atomic E-state index is 13.4. The van der Waals surface area contributed by atoms with Gasteiger partial charge in [0.05, 0.1) is 99.3 Å². The standard InChI is InChI=1S/C23H28ClN5O2.C23H28ClN5O.C22H25Cl2N3O.C21H23Cl2N3O/c1-13-19(24)16(6-9-26-13)15-4-5-17-18(15)21(30)28(3)22(27-17)29-10-7-23(8-11-29)12-31-14(2)20(23)25;1-13-5-7-23(20(13)25)8-11-29(12-9-23)22-27-17-4-3-15(18(17)21(30)28-22)16-6-10-26-14(2)19(16)24;1-4-22(2)10-12-27(13-11-22)21-25-17-9-8-14(18(17)20(28)26(21)3)15-6-5-7-16(23)19(15)24;1-3-21(2)9-11-26(12-10-21)20-24-16-8-7-13(17(16)19(27)25-20)14-5-4-6-15(22)18(14)23/h4,6,9,14,20H,5,7-8,10-12,25H2,1-3H3;3,6,10,13,20H,4-5,7-9,11-12,25H2,1-2H3,(H,27,28,30);5-8H,4,9-13H2,1-3H3;4-7H,3,8-12H2,1-2H3,(H,24,25,27)/t14-,20+;13-,20-;;/m01../s1. The van der Waals surface area contributed by atoms with Gasteiger partial charge >= 0.3 is 0 Å². The fraction of sp³-hybridized carbons (Fsp3) is 0.483. The highest BCUT2D eigenvalue weighted by atomic mass is 35.5. The number of hydrogen-bond donors (Lipinski definition) is 4. The summed E-state index contributed by atoms with van der Waals surface area (Å²) in [7, 11) is 3.62. The number of hydrogen-bond acceptors (Lipinski definition) is 17. The van der Waals surface area contributed by atoms with Crippen molar-refractivity contribution in [1.82, 2.24) is 49.0 Å². The molecule has 1 saturated carbocycles. The van der Waals surface area contributed by atoms with Crippen molar-refractivity contribution in [2.75, 3.05) is 78.6 Å². The van der Waals surface area contributed by atoms with E-state index in [9.17, 15) is 19.2 Å². The second-order valence-electron chi connectivity index (χ2n) is 34.2. The van der Waals surface area contributed by atoms with Gasteiger partial charge in [-0.05, 0) is 154 Å². The Balaban J connectivity index is 0.000000122.